The van der Waals surface area contributed by atoms with Crippen LogP contribution in [0.3, 0.4) is 0 Å². The SMILES string of the molecule is O=C(NC1CCOc2ccccc21)c1cccc(F)n1. The highest BCUT2D eigenvalue weighted by Crippen LogP contribution is 2.31. The van der Waals surface area contributed by atoms with E-state index in [4.69, 9.17) is 4.74 Å². The van der Waals surface area contributed by atoms with Gasteiger partial charge in [-0.3, -0.25) is 4.79 Å². The number of nitrogens with one attached hydrogen (secondary N) is 1. The van der Waals surface area contributed by atoms with Crippen molar-refractivity contribution < 1.29 is 13.9 Å². The van der Waals surface area contributed by atoms with Crippen molar-refractivity contribution in [2.75, 3.05) is 6.61 Å². The summed E-state index contributed by atoms with van der Waals surface area (Å²) >= 11 is 0. The Labute approximate surface area is 115 Å². The number of nitrogens with zero attached hydrogens (tertiary/aromatic N) is 1. The first-order valence-electron chi connectivity index (χ1n) is 6.39. The molecule has 0 bridgehead atoms. The number of hydrogen-bond acceptors (Lipinski definition) is 3. The monoisotopic (exact) mass is 272 g/mol. The van der Waals surface area contributed by atoms with Crippen LogP contribution in [0.2, 0.25) is 0 Å². The highest BCUT2D eigenvalue weighted by Gasteiger charge is 2.23. The van der Waals surface area contributed by atoms with Crippen LogP contribution in [0.25, 0.3) is 0 Å². The zero-order chi connectivity index (χ0) is 13.9. The van der Waals surface area contributed by atoms with Gasteiger partial charge in [-0.25, -0.2) is 4.98 Å². The number of benzene rings is 1. The predicted molar refractivity (Wildman–Crippen MR) is 71.0 cm³/mol. The summed E-state index contributed by atoms with van der Waals surface area (Å²) in [7, 11) is 0. The Kier molecular flexibility index (Phi) is 3.33. The number of rotatable bonds is 2. The fourth-order valence-corrected chi connectivity index (χ4v) is 2.26. The van der Waals surface area contributed by atoms with Crippen LogP contribution in [0.5, 0.6) is 5.75 Å². The van der Waals surface area contributed by atoms with Crippen molar-refractivity contribution in [2.45, 2.75) is 12.5 Å². The summed E-state index contributed by atoms with van der Waals surface area (Å²) < 4.78 is 18.6. The van der Waals surface area contributed by atoms with Gasteiger partial charge in [-0.1, -0.05) is 24.3 Å². The number of ether oxygens (including phenoxy) is 1. The van der Waals surface area contributed by atoms with E-state index < -0.39 is 5.95 Å². The maximum Gasteiger partial charge on any atom is 0.270 e. The van der Waals surface area contributed by atoms with Gasteiger partial charge < -0.3 is 10.1 Å². The van der Waals surface area contributed by atoms with Crippen molar-refractivity contribution in [2.24, 2.45) is 0 Å². The number of fused-ring (bicyclic) bond motifs is 1. The van der Waals surface area contributed by atoms with E-state index in [1.165, 1.54) is 18.2 Å². The Bertz CT molecular complexity index is 645. The molecule has 0 aliphatic carbocycles. The zero-order valence-electron chi connectivity index (χ0n) is 10.7. The van der Waals surface area contributed by atoms with Gasteiger partial charge in [0, 0.05) is 12.0 Å². The van der Waals surface area contributed by atoms with E-state index in [9.17, 15) is 9.18 Å². The van der Waals surface area contributed by atoms with Crippen LogP contribution in [0.1, 0.15) is 28.5 Å². The summed E-state index contributed by atoms with van der Waals surface area (Å²) in [5.41, 5.74) is 1.01. The average molecular weight is 272 g/mol. The van der Waals surface area contributed by atoms with Crippen LogP contribution < -0.4 is 10.1 Å². The third-order valence-electron chi connectivity index (χ3n) is 3.21. The number of halogens is 1. The Morgan fingerprint density at radius 2 is 2.10 bits per heavy atom. The van der Waals surface area contributed by atoms with Gasteiger partial charge in [0.2, 0.25) is 5.95 Å². The second kappa shape index (κ2) is 5.28. The molecule has 1 aromatic carbocycles. The van der Waals surface area contributed by atoms with E-state index in [1.54, 1.807) is 0 Å². The van der Waals surface area contributed by atoms with Gasteiger partial charge in [0.1, 0.15) is 11.4 Å². The Balaban J connectivity index is 1.81. The lowest BCUT2D eigenvalue weighted by Crippen LogP contribution is -2.32. The van der Waals surface area contributed by atoms with E-state index in [1.807, 2.05) is 24.3 Å². The number of aromatic nitrogens is 1. The summed E-state index contributed by atoms with van der Waals surface area (Å²) in [6.45, 7) is 0.540. The highest BCUT2D eigenvalue weighted by atomic mass is 19.1. The molecule has 2 heterocycles. The molecule has 1 aliphatic rings. The molecule has 1 atom stereocenters. The first-order chi connectivity index (χ1) is 9.74. The van der Waals surface area contributed by atoms with E-state index in [0.29, 0.717) is 13.0 Å². The minimum atomic E-state index is -0.662. The van der Waals surface area contributed by atoms with Gasteiger partial charge in [0.05, 0.1) is 12.6 Å². The molecule has 1 N–H and O–H groups in total. The van der Waals surface area contributed by atoms with Crippen LogP contribution in [0.4, 0.5) is 4.39 Å². The summed E-state index contributed by atoms with van der Waals surface area (Å²) in [6, 6.07) is 11.6. The molecule has 0 spiro atoms. The normalized spacial score (nSPS) is 16.9. The smallest absolute Gasteiger partial charge is 0.270 e. The molecule has 102 valence electrons. The van der Waals surface area contributed by atoms with Gasteiger partial charge in [-0.15, -0.1) is 0 Å². The summed E-state index contributed by atoms with van der Waals surface area (Å²) in [5.74, 6) is -0.271. The third-order valence-corrected chi connectivity index (χ3v) is 3.21. The minimum Gasteiger partial charge on any atom is -0.493 e. The fraction of sp³-hybridized carbons (Fsp3) is 0.200. The molecule has 3 rings (SSSR count). The van der Waals surface area contributed by atoms with Crippen molar-refractivity contribution in [3.8, 4) is 5.75 Å². The number of pyridine rings is 1. The molecule has 2 aromatic rings. The lowest BCUT2D eigenvalue weighted by atomic mass is 10.0. The molecule has 0 saturated carbocycles. The molecule has 1 aromatic heterocycles. The molecular weight excluding hydrogens is 259 g/mol. The van der Waals surface area contributed by atoms with E-state index in [-0.39, 0.29) is 17.6 Å². The Hall–Kier alpha value is -2.43. The summed E-state index contributed by atoms with van der Waals surface area (Å²) in [4.78, 5) is 15.7. The van der Waals surface area contributed by atoms with Crippen LogP contribution >= 0.6 is 0 Å². The van der Waals surface area contributed by atoms with E-state index in [2.05, 4.69) is 10.3 Å². The first-order valence-corrected chi connectivity index (χ1v) is 6.39. The largest absolute Gasteiger partial charge is 0.493 e. The molecule has 1 aliphatic heterocycles. The summed E-state index contributed by atoms with van der Waals surface area (Å²) in [5, 5.41) is 2.87. The Morgan fingerprint density at radius 1 is 1.25 bits per heavy atom. The number of amides is 1. The van der Waals surface area contributed by atoms with Crippen molar-refractivity contribution >= 4 is 5.91 Å². The standard InChI is InChI=1S/C15H13FN2O2/c16-14-7-3-5-12(17-14)15(19)18-11-8-9-20-13-6-2-1-4-10(11)13/h1-7,11H,8-9H2,(H,18,19). The zero-order valence-corrected chi connectivity index (χ0v) is 10.7. The molecule has 20 heavy (non-hydrogen) atoms. The Morgan fingerprint density at radius 3 is 2.95 bits per heavy atom. The third kappa shape index (κ3) is 2.47. The van der Waals surface area contributed by atoms with Crippen molar-refractivity contribution in [3.63, 3.8) is 0 Å². The second-order valence-corrected chi connectivity index (χ2v) is 4.55. The number of hydrogen-bond donors (Lipinski definition) is 1. The maximum atomic E-state index is 13.0. The van der Waals surface area contributed by atoms with Crippen LogP contribution in [0, 0.1) is 5.95 Å². The van der Waals surface area contributed by atoms with Gasteiger partial charge >= 0.3 is 0 Å². The van der Waals surface area contributed by atoms with Crippen molar-refractivity contribution in [3.05, 3.63) is 59.7 Å². The molecular formula is C15H13FN2O2. The van der Waals surface area contributed by atoms with Crippen molar-refractivity contribution in [1.29, 1.82) is 0 Å². The summed E-state index contributed by atoms with van der Waals surface area (Å²) in [6.07, 6.45) is 0.679. The maximum absolute atomic E-state index is 13.0. The predicted octanol–water partition coefficient (Wildman–Crippen LogP) is 2.47. The second-order valence-electron chi connectivity index (χ2n) is 4.55. The quantitative estimate of drug-likeness (QED) is 0.854. The molecule has 0 saturated heterocycles. The molecule has 4 nitrogen and oxygen atoms in total. The molecule has 5 heteroatoms. The van der Waals surface area contributed by atoms with E-state index in [0.717, 1.165) is 11.3 Å². The number of carbonyl (C=O) groups excluding carboxylic acids is 1. The molecule has 1 unspecified atom stereocenters. The van der Waals surface area contributed by atoms with Crippen molar-refractivity contribution in [1.82, 2.24) is 10.3 Å². The molecule has 0 fully saturated rings. The lowest BCUT2D eigenvalue weighted by Gasteiger charge is -2.26. The van der Waals surface area contributed by atoms with Crippen LogP contribution in [-0.4, -0.2) is 17.5 Å². The topological polar surface area (TPSA) is 51.2 Å². The van der Waals surface area contributed by atoms with E-state index >= 15 is 0 Å². The van der Waals surface area contributed by atoms with Gasteiger partial charge in [-0.05, 0) is 18.2 Å². The fourth-order valence-electron chi connectivity index (χ4n) is 2.26. The van der Waals surface area contributed by atoms with Crippen LogP contribution in [0.15, 0.2) is 42.5 Å². The van der Waals surface area contributed by atoms with Gasteiger partial charge in [0.25, 0.3) is 5.91 Å². The average Bonchev–Trinajstić information content (AvgIpc) is 2.47. The first kappa shape index (κ1) is 12.6. The number of para-hydroxylation sites is 1. The minimum absolute atomic E-state index is 0.0778. The molecule has 1 amide bonds. The molecule has 0 radical (unpaired) electrons. The van der Waals surface area contributed by atoms with Gasteiger partial charge in [0.15, 0.2) is 0 Å². The number of carbonyl (C=O) groups is 1. The van der Waals surface area contributed by atoms with Crippen LogP contribution in [-0.2, 0) is 0 Å². The highest BCUT2D eigenvalue weighted by molar-refractivity contribution is 5.92. The van der Waals surface area contributed by atoms with Gasteiger partial charge in [-0.2, -0.15) is 4.39 Å². The lowest BCUT2D eigenvalue weighted by molar-refractivity contribution is 0.0918.